The fraction of sp³-hybridized carbons (Fsp3) is 1.00. The first-order valence-electron chi connectivity index (χ1n) is 3.21. The maximum Gasteiger partial charge on any atom is 0.136 e. The molecule has 0 saturated carbocycles. The second kappa shape index (κ2) is 2.64. The maximum absolute atomic E-state index is 5.22. The predicted octanol–water partition coefficient (Wildman–Crippen LogP) is -0.508. The van der Waals surface area contributed by atoms with Crippen molar-refractivity contribution in [2.75, 3.05) is 27.7 Å². The van der Waals surface area contributed by atoms with Gasteiger partial charge in [-0.2, -0.15) is 0 Å². The van der Waals surface area contributed by atoms with Gasteiger partial charge in [0, 0.05) is 6.54 Å². The van der Waals surface area contributed by atoms with E-state index in [1.165, 1.54) is 0 Å². The standard InChI is InChI=1S/C6H14N2O/c1-7-6-5(9-6)4-8(2)3/h5-7H,4H2,1-3H3. The third-order valence-corrected chi connectivity index (χ3v) is 1.41. The van der Waals surface area contributed by atoms with E-state index in [1.54, 1.807) is 0 Å². The fourth-order valence-electron chi connectivity index (χ4n) is 0.896. The molecule has 1 N–H and O–H groups in total. The monoisotopic (exact) mass is 130 g/mol. The van der Waals surface area contributed by atoms with Gasteiger partial charge in [0.05, 0.1) is 0 Å². The number of hydrogen-bond donors (Lipinski definition) is 1. The number of rotatable bonds is 3. The molecule has 0 spiro atoms. The van der Waals surface area contributed by atoms with Crippen molar-refractivity contribution in [2.45, 2.75) is 12.3 Å². The molecule has 0 aliphatic carbocycles. The normalized spacial score (nSPS) is 33.3. The lowest BCUT2D eigenvalue weighted by atomic mass is 10.4. The Balaban J connectivity index is 2.05. The molecule has 1 saturated heterocycles. The summed E-state index contributed by atoms with van der Waals surface area (Å²) in [6.07, 6.45) is 0.734. The first-order chi connectivity index (χ1) is 4.24. The molecule has 0 aromatic carbocycles. The molecule has 3 heteroatoms. The SMILES string of the molecule is CNC1OC1CN(C)C. The Labute approximate surface area is 56.0 Å². The van der Waals surface area contributed by atoms with Gasteiger partial charge in [-0.25, -0.2) is 0 Å². The number of nitrogens with zero attached hydrogens (tertiary/aromatic N) is 1. The van der Waals surface area contributed by atoms with Crippen LogP contribution in [0.1, 0.15) is 0 Å². The van der Waals surface area contributed by atoms with Gasteiger partial charge in [-0.05, 0) is 21.1 Å². The van der Waals surface area contributed by atoms with Crippen LogP contribution in [0.2, 0.25) is 0 Å². The summed E-state index contributed by atoms with van der Waals surface area (Å²) in [5, 5.41) is 3.05. The van der Waals surface area contributed by atoms with Crippen LogP contribution in [0, 0.1) is 0 Å². The lowest BCUT2D eigenvalue weighted by Gasteiger charge is -2.04. The number of hydrogen-bond acceptors (Lipinski definition) is 3. The zero-order chi connectivity index (χ0) is 6.85. The average Bonchev–Trinajstić information content (AvgIpc) is 2.45. The smallest absolute Gasteiger partial charge is 0.136 e. The van der Waals surface area contributed by atoms with E-state index < -0.39 is 0 Å². The van der Waals surface area contributed by atoms with Crippen molar-refractivity contribution >= 4 is 0 Å². The molecule has 0 aromatic rings. The zero-order valence-corrected chi connectivity index (χ0v) is 6.22. The van der Waals surface area contributed by atoms with Gasteiger partial charge in [-0.15, -0.1) is 0 Å². The fourth-order valence-corrected chi connectivity index (χ4v) is 0.896. The lowest BCUT2D eigenvalue weighted by Crippen LogP contribution is -2.23. The van der Waals surface area contributed by atoms with Crippen molar-refractivity contribution in [3.05, 3.63) is 0 Å². The van der Waals surface area contributed by atoms with Gasteiger partial charge in [0.2, 0.25) is 0 Å². The summed E-state index contributed by atoms with van der Waals surface area (Å²) in [5.74, 6) is 0. The highest BCUT2D eigenvalue weighted by Gasteiger charge is 2.37. The average molecular weight is 130 g/mol. The van der Waals surface area contributed by atoms with Crippen LogP contribution in [0.3, 0.4) is 0 Å². The molecule has 54 valence electrons. The van der Waals surface area contributed by atoms with E-state index in [4.69, 9.17) is 4.74 Å². The van der Waals surface area contributed by atoms with E-state index >= 15 is 0 Å². The summed E-state index contributed by atoms with van der Waals surface area (Å²) in [7, 11) is 6.02. The van der Waals surface area contributed by atoms with Crippen LogP contribution in [0.4, 0.5) is 0 Å². The summed E-state index contributed by atoms with van der Waals surface area (Å²) >= 11 is 0. The second-order valence-corrected chi connectivity index (χ2v) is 2.65. The molecule has 0 radical (unpaired) electrons. The van der Waals surface area contributed by atoms with E-state index in [1.807, 2.05) is 7.05 Å². The van der Waals surface area contributed by atoms with E-state index in [0.29, 0.717) is 12.3 Å². The van der Waals surface area contributed by atoms with Crippen LogP contribution in [0.25, 0.3) is 0 Å². The third kappa shape index (κ3) is 1.93. The van der Waals surface area contributed by atoms with Crippen LogP contribution < -0.4 is 5.32 Å². The van der Waals surface area contributed by atoms with E-state index in [2.05, 4.69) is 24.3 Å². The molecule has 1 rings (SSSR count). The quantitative estimate of drug-likeness (QED) is 0.522. The Bertz CT molecular complexity index is 95.1. The highest BCUT2D eigenvalue weighted by Crippen LogP contribution is 2.18. The van der Waals surface area contributed by atoms with E-state index in [-0.39, 0.29) is 0 Å². The van der Waals surface area contributed by atoms with Crippen LogP contribution in [-0.4, -0.2) is 44.9 Å². The molecule has 1 aliphatic heterocycles. The van der Waals surface area contributed by atoms with Gasteiger partial charge >= 0.3 is 0 Å². The summed E-state index contributed by atoms with van der Waals surface area (Å²) in [6.45, 7) is 1.02. The number of nitrogens with one attached hydrogen (secondary N) is 1. The molecule has 0 aromatic heterocycles. The predicted molar refractivity (Wildman–Crippen MR) is 36.3 cm³/mol. The highest BCUT2D eigenvalue weighted by atomic mass is 16.6. The largest absolute Gasteiger partial charge is 0.352 e. The molecule has 1 aliphatic rings. The van der Waals surface area contributed by atoms with Crippen molar-refractivity contribution in [1.29, 1.82) is 0 Å². The third-order valence-electron chi connectivity index (χ3n) is 1.41. The van der Waals surface area contributed by atoms with Crippen molar-refractivity contribution in [3.8, 4) is 0 Å². The van der Waals surface area contributed by atoms with Crippen molar-refractivity contribution in [3.63, 3.8) is 0 Å². The van der Waals surface area contributed by atoms with Gasteiger partial charge < -0.3 is 9.64 Å². The molecular weight excluding hydrogens is 116 g/mol. The van der Waals surface area contributed by atoms with Crippen molar-refractivity contribution < 1.29 is 4.74 Å². The summed E-state index contributed by atoms with van der Waals surface area (Å²) < 4.78 is 5.22. The summed E-state index contributed by atoms with van der Waals surface area (Å²) in [5.41, 5.74) is 0. The molecule has 2 atom stereocenters. The number of ether oxygens (including phenoxy) is 1. The summed E-state index contributed by atoms with van der Waals surface area (Å²) in [4.78, 5) is 2.13. The minimum atomic E-state index is 0.312. The Morgan fingerprint density at radius 1 is 1.56 bits per heavy atom. The van der Waals surface area contributed by atoms with E-state index in [0.717, 1.165) is 6.54 Å². The topological polar surface area (TPSA) is 27.8 Å². The minimum absolute atomic E-state index is 0.312. The Morgan fingerprint density at radius 2 is 2.22 bits per heavy atom. The lowest BCUT2D eigenvalue weighted by molar-refractivity contribution is 0.308. The van der Waals surface area contributed by atoms with Crippen LogP contribution in [0.5, 0.6) is 0 Å². The molecule has 1 fully saturated rings. The van der Waals surface area contributed by atoms with Gasteiger partial charge in [0.15, 0.2) is 0 Å². The zero-order valence-electron chi connectivity index (χ0n) is 6.22. The Morgan fingerprint density at radius 3 is 2.56 bits per heavy atom. The molecule has 0 bridgehead atoms. The van der Waals surface area contributed by atoms with Crippen molar-refractivity contribution in [2.24, 2.45) is 0 Å². The number of epoxide rings is 1. The molecule has 2 unspecified atom stereocenters. The van der Waals surface area contributed by atoms with Crippen LogP contribution >= 0.6 is 0 Å². The highest BCUT2D eigenvalue weighted by molar-refractivity contribution is 4.82. The van der Waals surface area contributed by atoms with E-state index in [9.17, 15) is 0 Å². The van der Waals surface area contributed by atoms with Gasteiger partial charge in [0.1, 0.15) is 12.3 Å². The Kier molecular flexibility index (Phi) is 2.05. The Hall–Kier alpha value is -0.120. The minimum Gasteiger partial charge on any atom is -0.352 e. The molecule has 1 heterocycles. The first-order valence-corrected chi connectivity index (χ1v) is 3.21. The summed E-state index contributed by atoms with van der Waals surface area (Å²) in [6, 6.07) is 0. The maximum atomic E-state index is 5.22. The second-order valence-electron chi connectivity index (χ2n) is 2.65. The first kappa shape index (κ1) is 6.99. The van der Waals surface area contributed by atoms with Gasteiger partial charge in [-0.1, -0.05) is 0 Å². The molecule has 9 heavy (non-hydrogen) atoms. The van der Waals surface area contributed by atoms with Crippen LogP contribution in [0.15, 0.2) is 0 Å². The van der Waals surface area contributed by atoms with Crippen LogP contribution in [-0.2, 0) is 4.74 Å². The molecular formula is C6H14N2O. The number of likely N-dealkylation sites (N-methyl/N-ethyl adjacent to an activating group) is 2. The van der Waals surface area contributed by atoms with Gasteiger partial charge in [0.25, 0.3) is 0 Å². The van der Waals surface area contributed by atoms with Crippen molar-refractivity contribution in [1.82, 2.24) is 10.2 Å². The molecule has 3 nitrogen and oxygen atoms in total. The molecule has 0 amide bonds. The van der Waals surface area contributed by atoms with Gasteiger partial charge in [-0.3, -0.25) is 5.32 Å².